The summed E-state index contributed by atoms with van der Waals surface area (Å²) in [5.41, 5.74) is 2.06. The van der Waals surface area contributed by atoms with Crippen LogP contribution in [0.2, 0.25) is 0 Å². The lowest BCUT2D eigenvalue weighted by molar-refractivity contribution is -0.0445. The Labute approximate surface area is 147 Å². The van der Waals surface area contributed by atoms with Crippen molar-refractivity contribution in [1.82, 2.24) is 15.0 Å². The predicted molar refractivity (Wildman–Crippen MR) is 93.4 cm³/mol. The van der Waals surface area contributed by atoms with E-state index in [1.807, 2.05) is 11.0 Å². The lowest BCUT2D eigenvalue weighted by Gasteiger charge is -2.37. The molecule has 1 amide bonds. The second-order valence-corrected chi connectivity index (χ2v) is 8.35. The molecule has 2 aromatic heterocycles. The number of rotatable bonds is 2. The Morgan fingerprint density at radius 1 is 1.36 bits per heavy atom. The van der Waals surface area contributed by atoms with Crippen molar-refractivity contribution in [3.63, 3.8) is 0 Å². The van der Waals surface area contributed by atoms with Gasteiger partial charge in [-0.15, -0.1) is 0 Å². The highest BCUT2D eigenvalue weighted by Gasteiger charge is 2.38. The summed E-state index contributed by atoms with van der Waals surface area (Å²) in [4.78, 5) is 19.4. The molecule has 6 heteroatoms. The first-order chi connectivity index (χ1) is 11.9. The van der Waals surface area contributed by atoms with E-state index in [-0.39, 0.29) is 23.5 Å². The molecule has 0 unspecified atom stereocenters. The van der Waals surface area contributed by atoms with Crippen LogP contribution in [-0.4, -0.2) is 46.2 Å². The number of carbonyl (C=O) groups excluding carboxylic acids is 1. The number of morpholine rings is 1. The van der Waals surface area contributed by atoms with Gasteiger partial charge in [0.2, 0.25) is 0 Å². The van der Waals surface area contributed by atoms with E-state index in [0.29, 0.717) is 24.4 Å². The predicted octanol–water partition coefficient (Wildman–Crippen LogP) is 3.20. The van der Waals surface area contributed by atoms with Crippen molar-refractivity contribution >= 4 is 17.0 Å². The molecule has 2 atom stereocenters. The third kappa shape index (κ3) is 3.15. The van der Waals surface area contributed by atoms with Gasteiger partial charge in [-0.1, -0.05) is 25.9 Å². The summed E-state index contributed by atoms with van der Waals surface area (Å²) < 4.78 is 11.2. The van der Waals surface area contributed by atoms with E-state index in [9.17, 15) is 4.79 Å². The minimum atomic E-state index is 0.0394. The fourth-order valence-corrected chi connectivity index (χ4v) is 3.97. The second kappa shape index (κ2) is 6.09. The number of ether oxygens (including phenoxy) is 1. The molecule has 1 saturated heterocycles. The van der Waals surface area contributed by atoms with Gasteiger partial charge in [-0.3, -0.25) is 4.79 Å². The van der Waals surface area contributed by atoms with Crippen molar-refractivity contribution in [2.45, 2.75) is 58.6 Å². The zero-order chi connectivity index (χ0) is 17.6. The molecule has 2 fully saturated rings. The van der Waals surface area contributed by atoms with Gasteiger partial charge in [0.05, 0.1) is 35.4 Å². The maximum absolute atomic E-state index is 13.1. The fourth-order valence-electron chi connectivity index (χ4n) is 3.97. The molecular weight excluding hydrogens is 318 g/mol. The highest BCUT2D eigenvalue weighted by Crippen LogP contribution is 2.31. The van der Waals surface area contributed by atoms with Crippen molar-refractivity contribution in [3.05, 3.63) is 23.5 Å². The zero-order valence-corrected chi connectivity index (χ0v) is 15.1. The SMILES string of the molecule is CC(C)(C)Cc1noc2ncc(C(=O)N3CCO[C@H]4CCC[C@H]43)cc12. The number of fused-ring (bicyclic) bond motifs is 2. The fraction of sp³-hybridized carbons (Fsp3) is 0.632. The Hall–Kier alpha value is -1.95. The van der Waals surface area contributed by atoms with E-state index < -0.39 is 0 Å². The highest BCUT2D eigenvalue weighted by molar-refractivity contribution is 5.97. The first-order valence-electron chi connectivity index (χ1n) is 9.09. The smallest absolute Gasteiger partial charge is 0.257 e. The first-order valence-corrected chi connectivity index (χ1v) is 9.09. The van der Waals surface area contributed by atoms with Crippen molar-refractivity contribution in [1.29, 1.82) is 0 Å². The topological polar surface area (TPSA) is 68.5 Å². The monoisotopic (exact) mass is 343 g/mol. The van der Waals surface area contributed by atoms with Crippen LogP contribution in [0.15, 0.2) is 16.8 Å². The van der Waals surface area contributed by atoms with E-state index in [4.69, 9.17) is 9.26 Å². The average molecular weight is 343 g/mol. The number of aromatic nitrogens is 2. The molecule has 2 aliphatic rings. The van der Waals surface area contributed by atoms with Gasteiger partial charge in [0.25, 0.3) is 11.6 Å². The molecule has 0 aromatic carbocycles. The summed E-state index contributed by atoms with van der Waals surface area (Å²) in [6.45, 7) is 7.74. The Balaban J connectivity index is 1.64. The van der Waals surface area contributed by atoms with Crippen LogP contribution in [0, 0.1) is 5.41 Å². The maximum Gasteiger partial charge on any atom is 0.257 e. The Kier molecular flexibility index (Phi) is 4.02. The minimum Gasteiger partial charge on any atom is -0.374 e. The van der Waals surface area contributed by atoms with Gasteiger partial charge in [0.15, 0.2) is 0 Å². The van der Waals surface area contributed by atoms with E-state index in [1.165, 1.54) is 0 Å². The van der Waals surface area contributed by atoms with Crippen LogP contribution in [0.1, 0.15) is 56.1 Å². The van der Waals surface area contributed by atoms with Gasteiger partial charge in [0.1, 0.15) is 0 Å². The molecule has 1 saturated carbocycles. The highest BCUT2D eigenvalue weighted by atomic mass is 16.5. The second-order valence-electron chi connectivity index (χ2n) is 8.35. The van der Waals surface area contributed by atoms with Crippen LogP contribution in [0.4, 0.5) is 0 Å². The largest absolute Gasteiger partial charge is 0.374 e. The summed E-state index contributed by atoms with van der Waals surface area (Å²) in [5.74, 6) is 0.0394. The number of hydrogen-bond acceptors (Lipinski definition) is 5. The van der Waals surface area contributed by atoms with Gasteiger partial charge in [-0.2, -0.15) is 0 Å². The average Bonchev–Trinajstić information content (AvgIpc) is 3.19. The number of nitrogens with zero attached hydrogens (tertiary/aromatic N) is 3. The lowest BCUT2D eigenvalue weighted by atomic mass is 9.89. The number of pyridine rings is 1. The minimum absolute atomic E-state index is 0.0394. The molecule has 3 heterocycles. The summed E-state index contributed by atoms with van der Waals surface area (Å²) in [6.07, 6.45) is 5.78. The molecule has 134 valence electrons. The lowest BCUT2D eigenvalue weighted by Crippen LogP contribution is -2.51. The van der Waals surface area contributed by atoms with Crippen LogP contribution < -0.4 is 0 Å². The van der Waals surface area contributed by atoms with Crippen LogP contribution >= 0.6 is 0 Å². The third-order valence-electron chi connectivity index (χ3n) is 5.09. The molecule has 6 nitrogen and oxygen atoms in total. The normalized spacial score (nSPS) is 23.9. The molecule has 0 radical (unpaired) electrons. The van der Waals surface area contributed by atoms with Crippen molar-refractivity contribution in [2.75, 3.05) is 13.2 Å². The standard InChI is InChI=1S/C19H25N3O3/c1-19(2,3)10-14-13-9-12(11-20-17(13)25-21-14)18(23)22-7-8-24-16-6-4-5-15(16)22/h9,11,15-16H,4-8,10H2,1-3H3/t15-,16+/m1/s1. The maximum atomic E-state index is 13.1. The van der Waals surface area contributed by atoms with Crippen LogP contribution in [0.3, 0.4) is 0 Å². The van der Waals surface area contributed by atoms with Gasteiger partial charge >= 0.3 is 0 Å². The van der Waals surface area contributed by atoms with Crippen molar-refractivity contribution in [2.24, 2.45) is 5.41 Å². The first kappa shape index (κ1) is 16.5. The molecule has 4 rings (SSSR count). The van der Waals surface area contributed by atoms with Gasteiger partial charge < -0.3 is 14.2 Å². The molecule has 25 heavy (non-hydrogen) atoms. The molecular formula is C19H25N3O3. The Bertz CT molecular complexity index is 793. The molecule has 1 aliphatic carbocycles. The Morgan fingerprint density at radius 3 is 3.00 bits per heavy atom. The summed E-state index contributed by atoms with van der Waals surface area (Å²) in [5, 5.41) is 5.01. The quantitative estimate of drug-likeness (QED) is 0.837. The van der Waals surface area contributed by atoms with E-state index in [0.717, 1.165) is 36.8 Å². The molecule has 0 N–H and O–H groups in total. The number of hydrogen-bond donors (Lipinski definition) is 0. The number of amides is 1. The summed E-state index contributed by atoms with van der Waals surface area (Å²) in [6, 6.07) is 2.09. The molecule has 2 aromatic rings. The zero-order valence-electron chi connectivity index (χ0n) is 15.1. The molecule has 1 aliphatic heterocycles. The molecule has 0 bridgehead atoms. The van der Waals surface area contributed by atoms with Crippen LogP contribution in [-0.2, 0) is 11.2 Å². The van der Waals surface area contributed by atoms with Gasteiger partial charge in [-0.25, -0.2) is 4.98 Å². The van der Waals surface area contributed by atoms with E-state index in [1.54, 1.807) is 6.20 Å². The van der Waals surface area contributed by atoms with Gasteiger partial charge in [-0.05, 0) is 37.2 Å². The van der Waals surface area contributed by atoms with Crippen LogP contribution in [0.5, 0.6) is 0 Å². The van der Waals surface area contributed by atoms with E-state index in [2.05, 4.69) is 30.9 Å². The van der Waals surface area contributed by atoms with Crippen LogP contribution in [0.25, 0.3) is 11.1 Å². The Morgan fingerprint density at radius 2 is 2.20 bits per heavy atom. The van der Waals surface area contributed by atoms with Gasteiger partial charge in [0, 0.05) is 12.7 Å². The summed E-state index contributed by atoms with van der Waals surface area (Å²) >= 11 is 0. The summed E-state index contributed by atoms with van der Waals surface area (Å²) in [7, 11) is 0. The third-order valence-corrected chi connectivity index (χ3v) is 5.09. The number of carbonyl (C=O) groups is 1. The van der Waals surface area contributed by atoms with Crippen molar-refractivity contribution in [3.8, 4) is 0 Å². The van der Waals surface area contributed by atoms with E-state index >= 15 is 0 Å². The van der Waals surface area contributed by atoms with Crippen molar-refractivity contribution < 1.29 is 14.1 Å². The molecule has 0 spiro atoms.